The van der Waals surface area contributed by atoms with Crippen LogP contribution < -0.4 is 0 Å². The van der Waals surface area contributed by atoms with Gasteiger partial charge in [0.05, 0.1) is 21.5 Å². The molecule has 1 aliphatic rings. The van der Waals surface area contributed by atoms with Gasteiger partial charge in [-0.3, -0.25) is 0 Å². The van der Waals surface area contributed by atoms with E-state index < -0.39 is 17.1 Å². The monoisotopic (exact) mass is 374 g/mol. The summed E-state index contributed by atoms with van der Waals surface area (Å²) in [5.41, 5.74) is 0.450. The molecular weight excluding hydrogens is 334 g/mol. The first kappa shape index (κ1) is 22.3. The fourth-order valence-electron chi connectivity index (χ4n) is 3.35. The highest BCUT2D eigenvalue weighted by molar-refractivity contribution is 6.71. The largest absolute Gasteiger partial charge is 0.411 e. The molecule has 0 aromatic heterocycles. The van der Waals surface area contributed by atoms with Crippen LogP contribution in [-0.2, 0) is 13.9 Å². The first-order chi connectivity index (χ1) is 11.4. The molecule has 0 saturated carbocycles. The Morgan fingerprint density at radius 3 is 2.71 bits per heavy atom. The van der Waals surface area contributed by atoms with Gasteiger partial charge in [0.2, 0.25) is 0 Å². The van der Waals surface area contributed by atoms with Crippen molar-refractivity contribution >= 4 is 17.1 Å². The van der Waals surface area contributed by atoms with Crippen molar-refractivity contribution in [1.29, 1.82) is 0 Å². The maximum Gasteiger partial charge on any atom is 0.187 e. The molecule has 0 aromatic carbocycles. The molecule has 143 valence electrons. The van der Waals surface area contributed by atoms with Gasteiger partial charge >= 0.3 is 0 Å². The predicted octanol–water partition coefficient (Wildman–Crippen LogP) is 3.80. The summed E-state index contributed by atoms with van der Waals surface area (Å²) in [6.07, 6.45) is 4.97. The van der Waals surface area contributed by atoms with Gasteiger partial charge < -0.3 is 18.8 Å². The van der Waals surface area contributed by atoms with Gasteiger partial charge in [-0.2, -0.15) is 0 Å². The fourth-order valence-corrected chi connectivity index (χ4v) is 6.70. The van der Waals surface area contributed by atoms with Gasteiger partial charge in [-0.25, -0.2) is 0 Å². The molecule has 24 heavy (non-hydrogen) atoms. The van der Waals surface area contributed by atoms with Crippen molar-refractivity contribution in [3.63, 3.8) is 0 Å². The van der Waals surface area contributed by atoms with Crippen LogP contribution in [0.25, 0.3) is 0 Å². The molecule has 1 radical (unpaired) electrons. The van der Waals surface area contributed by atoms with Crippen LogP contribution in [0.15, 0.2) is 0 Å². The predicted molar refractivity (Wildman–Crippen MR) is 107 cm³/mol. The lowest BCUT2D eigenvalue weighted by Gasteiger charge is -2.37. The zero-order valence-electron chi connectivity index (χ0n) is 16.9. The zero-order valence-corrected chi connectivity index (χ0v) is 18.9. The molecule has 0 amide bonds. The van der Waals surface area contributed by atoms with E-state index in [2.05, 4.69) is 38.0 Å². The van der Waals surface area contributed by atoms with Crippen LogP contribution in [0.3, 0.4) is 0 Å². The van der Waals surface area contributed by atoms with Crippen molar-refractivity contribution in [2.75, 3.05) is 40.0 Å². The molecule has 1 fully saturated rings. The molecule has 0 N–H and O–H groups in total. The Morgan fingerprint density at radius 1 is 1.33 bits per heavy atom. The summed E-state index contributed by atoms with van der Waals surface area (Å²) < 4.78 is 18.1. The van der Waals surface area contributed by atoms with Crippen molar-refractivity contribution in [2.45, 2.75) is 76.7 Å². The molecule has 1 rings (SSSR count). The lowest BCUT2D eigenvalue weighted by atomic mass is 10.3. The Kier molecular flexibility index (Phi) is 11.0. The normalized spacial score (nSPS) is 23.9. The molecule has 4 nitrogen and oxygen atoms in total. The van der Waals surface area contributed by atoms with E-state index in [1.807, 2.05) is 7.11 Å². The van der Waals surface area contributed by atoms with Gasteiger partial charge in [0, 0.05) is 32.5 Å². The van der Waals surface area contributed by atoms with Crippen LogP contribution in [0, 0.1) is 0 Å². The molecule has 2 atom stereocenters. The molecule has 1 saturated heterocycles. The van der Waals surface area contributed by atoms with Crippen LogP contribution in [0.2, 0.25) is 32.2 Å². The second-order valence-electron chi connectivity index (χ2n) is 7.92. The Morgan fingerprint density at radius 2 is 2.08 bits per heavy atom. The van der Waals surface area contributed by atoms with E-state index in [-0.39, 0.29) is 6.10 Å². The van der Waals surface area contributed by atoms with Crippen molar-refractivity contribution in [3.05, 3.63) is 0 Å². The van der Waals surface area contributed by atoms with Crippen LogP contribution in [0.5, 0.6) is 0 Å². The van der Waals surface area contributed by atoms with E-state index in [1.54, 1.807) is 0 Å². The van der Waals surface area contributed by atoms with Gasteiger partial charge in [0.25, 0.3) is 0 Å². The Hall–Kier alpha value is 0.274. The summed E-state index contributed by atoms with van der Waals surface area (Å²) in [6.45, 7) is 16.5. The first-order valence-corrected chi connectivity index (χ1v) is 15.4. The van der Waals surface area contributed by atoms with E-state index in [4.69, 9.17) is 13.9 Å². The second-order valence-corrected chi connectivity index (χ2v) is 15.0. The van der Waals surface area contributed by atoms with Crippen molar-refractivity contribution in [2.24, 2.45) is 0 Å². The number of unbranched alkanes of at least 4 members (excludes halogenated alkanes) is 1. The summed E-state index contributed by atoms with van der Waals surface area (Å²) in [7, 11) is -0.0616. The highest BCUT2D eigenvalue weighted by Crippen LogP contribution is 2.21. The van der Waals surface area contributed by atoms with Crippen molar-refractivity contribution in [3.8, 4) is 0 Å². The van der Waals surface area contributed by atoms with E-state index in [1.165, 1.54) is 25.4 Å². The topological polar surface area (TPSA) is 30.9 Å². The summed E-state index contributed by atoms with van der Waals surface area (Å²) >= 11 is 0. The third-order valence-electron chi connectivity index (χ3n) is 4.78. The van der Waals surface area contributed by atoms with Crippen LogP contribution in [-0.4, -0.2) is 73.8 Å². The summed E-state index contributed by atoms with van der Waals surface area (Å²) in [5.74, 6) is 0. The standard InChI is InChI=1S/C18H40NO3Si2/c1-7-8-13-21-16-17-15-19(11-9-14-24(5,6)22-17)12-10-18(20-2)23(3)4/h17-18H,7-16H2,1-6H3. The highest BCUT2D eigenvalue weighted by atomic mass is 28.4. The molecule has 0 bridgehead atoms. The average molecular weight is 375 g/mol. The number of hydrogen-bond acceptors (Lipinski definition) is 4. The summed E-state index contributed by atoms with van der Waals surface area (Å²) in [4.78, 5) is 2.58. The highest BCUT2D eigenvalue weighted by Gasteiger charge is 2.30. The van der Waals surface area contributed by atoms with E-state index in [9.17, 15) is 0 Å². The van der Waals surface area contributed by atoms with Gasteiger partial charge in [-0.1, -0.05) is 26.4 Å². The second kappa shape index (κ2) is 11.8. The molecule has 2 unspecified atom stereocenters. The minimum Gasteiger partial charge on any atom is -0.411 e. The van der Waals surface area contributed by atoms with Crippen molar-refractivity contribution < 1.29 is 13.9 Å². The number of rotatable bonds is 10. The number of nitrogens with zero attached hydrogens (tertiary/aromatic N) is 1. The minimum absolute atomic E-state index is 0.234. The van der Waals surface area contributed by atoms with E-state index >= 15 is 0 Å². The molecular formula is C18H40NO3Si2. The quantitative estimate of drug-likeness (QED) is 0.430. The Bertz CT molecular complexity index is 329. The van der Waals surface area contributed by atoms with Gasteiger partial charge in [-0.05, 0) is 44.9 Å². The number of methoxy groups -OCH3 is 1. The maximum absolute atomic E-state index is 6.52. The lowest BCUT2D eigenvalue weighted by molar-refractivity contribution is 0.0183. The van der Waals surface area contributed by atoms with Gasteiger partial charge in [0.15, 0.2) is 8.32 Å². The smallest absolute Gasteiger partial charge is 0.187 e. The van der Waals surface area contributed by atoms with Crippen LogP contribution in [0.1, 0.15) is 32.6 Å². The molecule has 1 heterocycles. The third kappa shape index (κ3) is 9.10. The number of hydrogen-bond donors (Lipinski definition) is 0. The lowest BCUT2D eigenvalue weighted by Crippen LogP contribution is -2.47. The molecule has 1 aliphatic heterocycles. The van der Waals surface area contributed by atoms with E-state index in [0.717, 1.165) is 39.1 Å². The Labute approximate surface area is 153 Å². The molecule has 0 spiro atoms. The van der Waals surface area contributed by atoms with Crippen LogP contribution in [0.4, 0.5) is 0 Å². The maximum atomic E-state index is 6.52. The summed E-state index contributed by atoms with van der Waals surface area (Å²) in [5, 5.41) is 0. The fraction of sp³-hybridized carbons (Fsp3) is 1.00. The Balaban J connectivity index is 2.52. The van der Waals surface area contributed by atoms with Crippen molar-refractivity contribution in [1.82, 2.24) is 4.90 Å². The minimum atomic E-state index is -1.53. The third-order valence-corrected chi connectivity index (χ3v) is 9.12. The number of ether oxygens (including phenoxy) is 2. The van der Waals surface area contributed by atoms with E-state index in [0.29, 0.717) is 5.73 Å². The van der Waals surface area contributed by atoms with Crippen LogP contribution >= 0.6 is 0 Å². The average Bonchev–Trinajstić information content (AvgIpc) is 2.49. The SMILES string of the molecule is CCCCOCC1CN(CCC(OC)[Si](C)C)CCC[Si](C)(C)O1. The first-order valence-electron chi connectivity index (χ1n) is 9.68. The van der Waals surface area contributed by atoms with Gasteiger partial charge in [-0.15, -0.1) is 0 Å². The van der Waals surface area contributed by atoms with Gasteiger partial charge in [0.1, 0.15) is 0 Å². The molecule has 0 aromatic rings. The summed E-state index contributed by atoms with van der Waals surface area (Å²) in [6, 6.07) is 1.25. The zero-order chi connectivity index (χ0) is 18.0. The molecule has 0 aliphatic carbocycles. The molecule has 6 heteroatoms.